The van der Waals surface area contributed by atoms with E-state index in [4.69, 9.17) is 10.9 Å². The molecule has 21 heavy (non-hydrogen) atoms. The summed E-state index contributed by atoms with van der Waals surface area (Å²) in [7, 11) is 0. The lowest BCUT2D eigenvalue weighted by Gasteiger charge is -2.35. The van der Waals surface area contributed by atoms with Crippen molar-refractivity contribution in [1.29, 1.82) is 0 Å². The molecule has 0 aliphatic carbocycles. The molecule has 2 aliphatic rings. The molecule has 0 aromatic carbocycles. The monoisotopic (exact) mass is 296 g/mol. The van der Waals surface area contributed by atoms with Gasteiger partial charge in [-0.1, -0.05) is 25.4 Å². The first-order valence-electron chi connectivity index (χ1n) is 8.48. The first kappa shape index (κ1) is 16.6. The van der Waals surface area contributed by atoms with Crippen LogP contribution in [0.25, 0.3) is 0 Å². The lowest BCUT2D eigenvalue weighted by molar-refractivity contribution is 0.167. The van der Waals surface area contributed by atoms with Gasteiger partial charge in [-0.15, -0.1) is 0 Å². The van der Waals surface area contributed by atoms with E-state index in [9.17, 15) is 0 Å². The molecule has 0 saturated carbocycles. The maximum Gasteiger partial charge on any atom is 0.144 e. The maximum atomic E-state index is 8.76. The Bertz CT molecular complexity index is 356. The number of piperidine rings is 1. The molecular formula is C16H32N4O. The molecule has 0 bridgehead atoms. The number of rotatable bonds is 7. The molecule has 2 unspecified atom stereocenters. The first-order chi connectivity index (χ1) is 10.0. The summed E-state index contributed by atoms with van der Waals surface area (Å²) in [5.41, 5.74) is 5.51. The predicted molar refractivity (Wildman–Crippen MR) is 86.7 cm³/mol. The fraction of sp³-hybridized carbons (Fsp3) is 0.938. The summed E-state index contributed by atoms with van der Waals surface area (Å²) in [4.78, 5) is 2.66. The second kappa shape index (κ2) is 7.45. The van der Waals surface area contributed by atoms with Crippen molar-refractivity contribution in [2.45, 2.75) is 70.9 Å². The van der Waals surface area contributed by atoms with Gasteiger partial charge in [-0.25, -0.2) is 0 Å². The van der Waals surface area contributed by atoms with Gasteiger partial charge >= 0.3 is 0 Å². The predicted octanol–water partition coefficient (Wildman–Crippen LogP) is 2.15. The number of nitrogens with zero attached hydrogens (tertiary/aromatic N) is 2. The van der Waals surface area contributed by atoms with Crippen LogP contribution in [0.5, 0.6) is 0 Å². The van der Waals surface area contributed by atoms with E-state index < -0.39 is 0 Å². The number of hydrogen-bond acceptors (Lipinski definition) is 4. The summed E-state index contributed by atoms with van der Waals surface area (Å²) < 4.78 is 0. The van der Waals surface area contributed by atoms with Crippen molar-refractivity contribution in [3.05, 3.63) is 0 Å². The van der Waals surface area contributed by atoms with E-state index in [1.54, 1.807) is 0 Å². The highest BCUT2D eigenvalue weighted by atomic mass is 16.4. The number of oxime groups is 1. The lowest BCUT2D eigenvalue weighted by Crippen LogP contribution is -2.45. The van der Waals surface area contributed by atoms with Gasteiger partial charge < -0.3 is 21.2 Å². The summed E-state index contributed by atoms with van der Waals surface area (Å²) in [6.45, 7) is 7.75. The van der Waals surface area contributed by atoms with Gasteiger partial charge in [-0.05, 0) is 58.2 Å². The van der Waals surface area contributed by atoms with E-state index >= 15 is 0 Å². The second-order valence-corrected chi connectivity index (χ2v) is 7.33. The minimum Gasteiger partial charge on any atom is -0.409 e. The molecule has 0 spiro atoms. The van der Waals surface area contributed by atoms with Crippen LogP contribution in [0.1, 0.15) is 58.8 Å². The van der Waals surface area contributed by atoms with Crippen LogP contribution in [0.2, 0.25) is 0 Å². The normalized spacial score (nSPS) is 27.8. The Hall–Kier alpha value is -0.810. The Labute approximate surface area is 128 Å². The highest BCUT2D eigenvalue weighted by Crippen LogP contribution is 2.27. The summed E-state index contributed by atoms with van der Waals surface area (Å²) in [5, 5.41) is 15.6. The van der Waals surface area contributed by atoms with Crippen LogP contribution in [0, 0.1) is 5.41 Å². The molecule has 5 nitrogen and oxygen atoms in total. The Morgan fingerprint density at radius 1 is 1.33 bits per heavy atom. The average Bonchev–Trinajstić information content (AvgIpc) is 2.93. The molecule has 2 saturated heterocycles. The number of unbranched alkanes of at least 4 members (excludes halogenated alkanes) is 1. The molecule has 0 aromatic rings. The van der Waals surface area contributed by atoms with Crippen LogP contribution >= 0.6 is 0 Å². The number of nitrogens with two attached hydrogens (primary N) is 1. The van der Waals surface area contributed by atoms with Gasteiger partial charge in [-0.3, -0.25) is 0 Å². The molecule has 5 heteroatoms. The Morgan fingerprint density at radius 2 is 2.14 bits per heavy atom. The molecule has 0 radical (unpaired) electrons. The molecule has 0 amide bonds. The molecule has 4 N–H and O–H groups in total. The molecule has 2 aliphatic heterocycles. The Balaban J connectivity index is 1.58. The van der Waals surface area contributed by atoms with Crippen LogP contribution in [0.4, 0.5) is 0 Å². The highest BCUT2D eigenvalue weighted by Gasteiger charge is 2.31. The van der Waals surface area contributed by atoms with Crippen molar-refractivity contribution in [2.75, 3.05) is 19.6 Å². The SMILES string of the molecule is CC(C)(CCCCNC1CCN2CCCC2C1)C(N)=NO. The quantitative estimate of drug-likeness (QED) is 0.221. The van der Waals surface area contributed by atoms with Crippen molar-refractivity contribution in [3.63, 3.8) is 0 Å². The van der Waals surface area contributed by atoms with Gasteiger partial charge in [0.2, 0.25) is 0 Å². The van der Waals surface area contributed by atoms with Gasteiger partial charge in [0.15, 0.2) is 0 Å². The Kier molecular flexibility index (Phi) is 5.88. The molecule has 122 valence electrons. The van der Waals surface area contributed by atoms with E-state index in [-0.39, 0.29) is 5.41 Å². The highest BCUT2D eigenvalue weighted by molar-refractivity contribution is 5.85. The molecule has 2 heterocycles. The zero-order valence-corrected chi connectivity index (χ0v) is 13.6. The van der Waals surface area contributed by atoms with Crippen molar-refractivity contribution >= 4 is 5.84 Å². The topological polar surface area (TPSA) is 73.9 Å². The minimum atomic E-state index is -0.204. The number of nitrogens with one attached hydrogen (secondary N) is 1. The number of amidine groups is 1. The largest absolute Gasteiger partial charge is 0.409 e. The van der Waals surface area contributed by atoms with Crippen LogP contribution < -0.4 is 11.1 Å². The van der Waals surface area contributed by atoms with E-state index in [2.05, 4.69) is 15.4 Å². The average molecular weight is 296 g/mol. The first-order valence-corrected chi connectivity index (χ1v) is 8.48. The van der Waals surface area contributed by atoms with E-state index in [1.165, 1.54) is 38.8 Å². The van der Waals surface area contributed by atoms with E-state index in [0.717, 1.165) is 31.8 Å². The zero-order valence-electron chi connectivity index (χ0n) is 13.6. The zero-order chi connectivity index (χ0) is 15.3. The lowest BCUT2D eigenvalue weighted by atomic mass is 9.86. The fourth-order valence-corrected chi connectivity index (χ4v) is 3.67. The molecule has 2 atom stereocenters. The summed E-state index contributed by atoms with van der Waals surface area (Å²) in [5.74, 6) is 0.337. The number of hydrogen-bond donors (Lipinski definition) is 3. The summed E-state index contributed by atoms with van der Waals surface area (Å²) in [6.07, 6.45) is 8.64. The maximum absolute atomic E-state index is 8.76. The summed E-state index contributed by atoms with van der Waals surface area (Å²) >= 11 is 0. The third kappa shape index (κ3) is 4.58. The van der Waals surface area contributed by atoms with E-state index in [1.807, 2.05) is 13.8 Å². The minimum absolute atomic E-state index is 0.204. The van der Waals surface area contributed by atoms with Crippen LogP contribution in [-0.2, 0) is 0 Å². The van der Waals surface area contributed by atoms with Crippen LogP contribution in [0.3, 0.4) is 0 Å². The number of fused-ring (bicyclic) bond motifs is 1. The molecule has 0 aromatic heterocycles. The van der Waals surface area contributed by atoms with E-state index in [0.29, 0.717) is 11.9 Å². The van der Waals surface area contributed by atoms with Crippen molar-refractivity contribution in [2.24, 2.45) is 16.3 Å². The third-order valence-corrected chi connectivity index (χ3v) is 5.28. The molecular weight excluding hydrogens is 264 g/mol. The summed E-state index contributed by atoms with van der Waals surface area (Å²) in [6, 6.07) is 1.55. The van der Waals surface area contributed by atoms with Crippen molar-refractivity contribution in [3.8, 4) is 0 Å². The van der Waals surface area contributed by atoms with Crippen LogP contribution in [-0.4, -0.2) is 47.7 Å². The van der Waals surface area contributed by atoms with Crippen molar-refractivity contribution in [1.82, 2.24) is 10.2 Å². The second-order valence-electron chi connectivity index (χ2n) is 7.33. The van der Waals surface area contributed by atoms with Gasteiger partial charge in [0.05, 0.1) is 0 Å². The molecule has 2 rings (SSSR count). The Morgan fingerprint density at radius 3 is 2.90 bits per heavy atom. The standard InChI is InChI=1S/C16H32N4O/c1-16(2,15(17)19-21)8-3-4-9-18-13-7-11-20-10-5-6-14(20)12-13/h13-14,18,21H,3-12H2,1-2H3,(H2,17,19). The van der Waals surface area contributed by atoms with Gasteiger partial charge in [0.25, 0.3) is 0 Å². The van der Waals surface area contributed by atoms with Crippen molar-refractivity contribution < 1.29 is 5.21 Å². The van der Waals surface area contributed by atoms with Gasteiger partial charge in [0, 0.05) is 17.5 Å². The van der Waals surface area contributed by atoms with Gasteiger partial charge in [-0.2, -0.15) is 0 Å². The third-order valence-electron chi connectivity index (χ3n) is 5.28. The fourth-order valence-electron chi connectivity index (χ4n) is 3.67. The smallest absolute Gasteiger partial charge is 0.144 e. The van der Waals surface area contributed by atoms with Gasteiger partial charge in [0.1, 0.15) is 5.84 Å². The molecule has 2 fully saturated rings. The van der Waals surface area contributed by atoms with Crippen LogP contribution in [0.15, 0.2) is 5.16 Å².